The van der Waals surface area contributed by atoms with E-state index in [0.29, 0.717) is 21.8 Å². The molecule has 1 aliphatic rings. The van der Waals surface area contributed by atoms with E-state index in [1.54, 1.807) is 23.1 Å². The Morgan fingerprint density at radius 2 is 2.26 bits per heavy atom. The van der Waals surface area contributed by atoms with Crippen LogP contribution in [-0.4, -0.2) is 41.7 Å². The van der Waals surface area contributed by atoms with Crippen LogP contribution in [0.15, 0.2) is 22.7 Å². The van der Waals surface area contributed by atoms with Crippen molar-refractivity contribution in [1.29, 1.82) is 0 Å². The zero-order valence-corrected chi connectivity index (χ0v) is 12.7. The fraction of sp³-hybridized carbons (Fsp3) is 0.462. The number of hydrogen-bond donors (Lipinski definition) is 1. The molecule has 1 aromatic rings. The zero-order chi connectivity index (χ0) is 13.8. The lowest BCUT2D eigenvalue weighted by Crippen LogP contribution is -2.38. The molecule has 0 aromatic heterocycles. The third kappa shape index (κ3) is 4.09. The molecule has 0 saturated heterocycles. The minimum absolute atomic E-state index is 0.0210. The smallest absolute Gasteiger partial charge is 0.260 e. The highest BCUT2D eigenvalue weighted by Gasteiger charge is 2.32. The molecule has 1 aliphatic carbocycles. The fourth-order valence-corrected chi connectivity index (χ4v) is 2.62. The Hall–Kier alpha value is -0.780. The highest BCUT2D eigenvalue weighted by molar-refractivity contribution is 9.10. The minimum atomic E-state index is -0.0987. The number of benzene rings is 1. The Kier molecular flexibility index (Phi) is 5.07. The molecule has 1 N–H and O–H groups in total. The standard InChI is InChI=1S/C13H15BrClNO3/c14-11-7-9(15)1-4-12(11)19-8-13(18)16(5-6-17)10-2-3-10/h1,4,7,10,17H,2-3,5-6,8H2. The van der Waals surface area contributed by atoms with Gasteiger partial charge in [0.25, 0.3) is 5.91 Å². The maximum Gasteiger partial charge on any atom is 0.260 e. The molecule has 1 fully saturated rings. The average molecular weight is 349 g/mol. The topological polar surface area (TPSA) is 49.8 Å². The number of nitrogens with zero attached hydrogens (tertiary/aromatic N) is 1. The summed E-state index contributed by atoms with van der Waals surface area (Å²) in [5.41, 5.74) is 0. The molecule has 1 amide bonds. The minimum Gasteiger partial charge on any atom is -0.483 e. The second-order valence-electron chi connectivity index (χ2n) is 4.41. The predicted octanol–water partition coefficient (Wildman–Crippen LogP) is 2.46. The van der Waals surface area contributed by atoms with Gasteiger partial charge in [-0.1, -0.05) is 11.6 Å². The molecule has 0 atom stereocenters. The van der Waals surface area contributed by atoms with Crippen LogP contribution in [0.5, 0.6) is 5.75 Å². The van der Waals surface area contributed by atoms with E-state index in [2.05, 4.69) is 15.9 Å². The molecule has 1 aromatic carbocycles. The van der Waals surface area contributed by atoms with Gasteiger partial charge >= 0.3 is 0 Å². The van der Waals surface area contributed by atoms with Gasteiger partial charge in [0.1, 0.15) is 5.75 Å². The third-order valence-electron chi connectivity index (χ3n) is 2.89. The number of ether oxygens (including phenoxy) is 1. The van der Waals surface area contributed by atoms with Crippen molar-refractivity contribution >= 4 is 33.4 Å². The van der Waals surface area contributed by atoms with E-state index in [1.807, 2.05) is 0 Å². The maximum atomic E-state index is 12.0. The van der Waals surface area contributed by atoms with Crippen molar-refractivity contribution in [3.8, 4) is 5.75 Å². The van der Waals surface area contributed by atoms with Crippen LogP contribution in [0.2, 0.25) is 5.02 Å². The van der Waals surface area contributed by atoms with Crippen molar-refractivity contribution in [2.75, 3.05) is 19.8 Å². The van der Waals surface area contributed by atoms with Gasteiger partial charge < -0.3 is 14.7 Å². The van der Waals surface area contributed by atoms with Crippen molar-refractivity contribution in [2.24, 2.45) is 0 Å². The normalized spacial score (nSPS) is 14.3. The van der Waals surface area contributed by atoms with Crippen LogP contribution >= 0.6 is 27.5 Å². The third-order valence-corrected chi connectivity index (χ3v) is 3.75. The first-order chi connectivity index (χ1) is 9.11. The molecule has 0 aliphatic heterocycles. The lowest BCUT2D eigenvalue weighted by Gasteiger charge is -2.21. The van der Waals surface area contributed by atoms with Gasteiger partial charge in [0.05, 0.1) is 11.1 Å². The molecule has 6 heteroatoms. The van der Waals surface area contributed by atoms with Gasteiger partial charge in [-0.2, -0.15) is 0 Å². The molecule has 19 heavy (non-hydrogen) atoms. The van der Waals surface area contributed by atoms with E-state index in [4.69, 9.17) is 21.4 Å². The van der Waals surface area contributed by atoms with Gasteiger partial charge in [-0.05, 0) is 47.0 Å². The van der Waals surface area contributed by atoms with Crippen molar-refractivity contribution in [3.63, 3.8) is 0 Å². The van der Waals surface area contributed by atoms with E-state index in [9.17, 15) is 4.79 Å². The first kappa shape index (κ1) is 14.6. The van der Waals surface area contributed by atoms with Crippen LogP contribution in [0.25, 0.3) is 0 Å². The van der Waals surface area contributed by atoms with Crippen LogP contribution in [0.3, 0.4) is 0 Å². The van der Waals surface area contributed by atoms with E-state index >= 15 is 0 Å². The summed E-state index contributed by atoms with van der Waals surface area (Å²) in [5, 5.41) is 9.57. The summed E-state index contributed by atoms with van der Waals surface area (Å²) >= 11 is 9.16. The Morgan fingerprint density at radius 3 is 2.84 bits per heavy atom. The lowest BCUT2D eigenvalue weighted by atomic mass is 10.3. The average Bonchev–Trinajstić information content (AvgIpc) is 3.18. The SMILES string of the molecule is O=C(COc1ccc(Cl)cc1Br)N(CCO)C1CC1. The van der Waals surface area contributed by atoms with Gasteiger partial charge in [0.15, 0.2) is 6.61 Å². The molecule has 0 bridgehead atoms. The number of hydrogen-bond acceptors (Lipinski definition) is 3. The first-order valence-corrected chi connectivity index (χ1v) is 7.27. The molecular formula is C13H15BrClNO3. The Balaban J connectivity index is 1.91. The van der Waals surface area contributed by atoms with Gasteiger partial charge in [-0.25, -0.2) is 0 Å². The number of carbonyl (C=O) groups is 1. The summed E-state index contributed by atoms with van der Waals surface area (Å²) in [6, 6.07) is 5.41. The fourth-order valence-electron chi connectivity index (χ4n) is 1.82. The number of amides is 1. The molecule has 0 heterocycles. The van der Waals surface area contributed by atoms with E-state index in [-0.39, 0.29) is 25.2 Å². The summed E-state index contributed by atoms with van der Waals surface area (Å²) < 4.78 is 6.20. The highest BCUT2D eigenvalue weighted by Crippen LogP contribution is 2.29. The van der Waals surface area contributed by atoms with E-state index < -0.39 is 0 Å². The van der Waals surface area contributed by atoms with Crippen LogP contribution in [0, 0.1) is 0 Å². The molecular weight excluding hydrogens is 334 g/mol. The largest absolute Gasteiger partial charge is 0.483 e. The van der Waals surface area contributed by atoms with Gasteiger partial charge in [-0.15, -0.1) is 0 Å². The number of carbonyl (C=O) groups excluding carboxylic acids is 1. The highest BCUT2D eigenvalue weighted by atomic mass is 79.9. The molecule has 0 spiro atoms. The number of aliphatic hydroxyl groups excluding tert-OH is 1. The first-order valence-electron chi connectivity index (χ1n) is 6.10. The Bertz CT molecular complexity index is 465. The number of halogens is 2. The molecule has 4 nitrogen and oxygen atoms in total. The molecule has 2 rings (SSSR count). The maximum absolute atomic E-state index is 12.0. The number of aliphatic hydroxyl groups is 1. The van der Waals surface area contributed by atoms with Crippen molar-refractivity contribution < 1.29 is 14.6 Å². The van der Waals surface area contributed by atoms with E-state index in [1.165, 1.54) is 0 Å². The summed E-state index contributed by atoms with van der Waals surface area (Å²) in [5.74, 6) is 0.482. The Morgan fingerprint density at radius 1 is 1.53 bits per heavy atom. The zero-order valence-electron chi connectivity index (χ0n) is 10.3. The quantitative estimate of drug-likeness (QED) is 0.859. The van der Waals surface area contributed by atoms with Crippen molar-refractivity contribution in [1.82, 2.24) is 4.90 Å². The summed E-state index contributed by atoms with van der Waals surface area (Å²) in [7, 11) is 0. The van der Waals surface area contributed by atoms with E-state index in [0.717, 1.165) is 12.8 Å². The van der Waals surface area contributed by atoms with Crippen LogP contribution < -0.4 is 4.74 Å². The van der Waals surface area contributed by atoms with Crippen molar-refractivity contribution in [2.45, 2.75) is 18.9 Å². The summed E-state index contributed by atoms with van der Waals surface area (Å²) in [6.07, 6.45) is 2.02. The Labute approximate surface area is 125 Å². The van der Waals surface area contributed by atoms with Gasteiger partial charge in [-0.3, -0.25) is 4.79 Å². The monoisotopic (exact) mass is 347 g/mol. The second-order valence-corrected chi connectivity index (χ2v) is 5.70. The van der Waals surface area contributed by atoms with Crippen LogP contribution in [0.4, 0.5) is 0 Å². The molecule has 0 unspecified atom stereocenters. The number of rotatable bonds is 6. The molecule has 1 saturated carbocycles. The van der Waals surface area contributed by atoms with Crippen LogP contribution in [-0.2, 0) is 4.79 Å². The predicted molar refractivity (Wildman–Crippen MR) is 76.5 cm³/mol. The molecule has 0 radical (unpaired) electrons. The summed E-state index contributed by atoms with van der Waals surface area (Å²) in [4.78, 5) is 13.7. The van der Waals surface area contributed by atoms with Gasteiger partial charge in [0.2, 0.25) is 0 Å². The lowest BCUT2D eigenvalue weighted by molar-refractivity contribution is -0.134. The van der Waals surface area contributed by atoms with Crippen molar-refractivity contribution in [3.05, 3.63) is 27.7 Å². The van der Waals surface area contributed by atoms with Crippen LogP contribution in [0.1, 0.15) is 12.8 Å². The molecule has 104 valence electrons. The van der Waals surface area contributed by atoms with Gasteiger partial charge in [0, 0.05) is 17.6 Å². The second kappa shape index (κ2) is 6.59. The summed E-state index contributed by atoms with van der Waals surface area (Å²) in [6.45, 7) is 0.318.